The first-order valence-corrected chi connectivity index (χ1v) is 9.23. The third kappa shape index (κ3) is 3.35. The topological polar surface area (TPSA) is 72.0 Å². The van der Waals surface area contributed by atoms with Crippen molar-refractivity contribution in [3.63, 3.8) is 0 Å². The second-order valence-electron chi connectivity index (χ2n) is 6.03. The van der Waals surface area contributed by atoms with Gasteiger partial charge in [0, 0.05) is 33.8 Å². The van der Waals surface area contributed by atoms with E-state index in [1.807, 2.05) is 32.0 Å². The van der Waals surface area contributed by atoms with Gasteiger partial charge in [0.15, 0.2) is 5.78 Å². The van der Waals surface area contributed by atoms with Crippen molar-refractivity contribution in [1.82, 2.24) is 9.97 Å². The van der Waals surface area contributed by atoms with Gasteiger partial charge in [0.05, 0.1) is 29.4 Å². The van der Waals surface area contributed by atoms with E-state index in [0.29, 0.717) is 16.3 Å². The zero-order valence-corrected chi connectivity index (χ0v) is 15.5. The van der Waals surface area contributed by atoms with Crippen molar-refractivity contribution in [3.05, 3.63) is 52.8 Å². The number of ketones is 1. The smallest absolute Gasteiger partial charge is 0.159 e. The summed E-state index contributed by atoms with van der Waals surface area (Å²) in [4.78, 5) is 19.1. The summed E-state index contributed by atoms with van der Waals surface area (Å²) < 4.78 is 18.2. The molecule has 0 saturated heterocycles. The monoisotopic (exact) mass is 356 g/mol. The quantitative estimate of drug-likeness (QED) is 0.708. The van der Waals surface area contributed by atoms with E-state index in [2.05, 4.69) is 9.97 Å². The standard InChI is InChI=1S/C19H20N2O3S/c1-11-9-20-17(12(2)19(11)24-4)10-25(23)18-8-15-7-14(13(3)22)5-6-16(15)21-18/h5-9,21H,10H2,1-4H3. The predicted octanol–water partition coefficient (Wildman–Crippen LogP) is 3.70. The number of rotatable bonds is 5. The van der Waals surface area contributed by atoms with Crippen LogP contribution in [0.3, 0.4) is 0 Å². The van der Waals surface area contributed by atoms with E-state index < -0.39 is 10.8 Å². The van der Waals surface area contributed by atoms with Gasteiger partial charge in [0.25, 0.3) is 0 Å². The zero-order chi connectivity index (χ0) is 18.1. The number of H-pyrrole nitrogens is 1. The Hall–Kier alpha value is -2.47. The number of nitrogens with one attached hydrogen (secondary N) is 1. The Morgan fingerprint density at radius 2 is 2.04 bits per heavy atom. The number of nitrogens with zero attached hydrogens (tertiary/aromatic N) is 1. The molecular weight excluding hydrogens is 336 g/mol. The molecule has 0 spiro atoms. The first-order chi connectivity index (χ1) is 11.9. The molecule has 0 aliphatic heterocycles. The van der Waals surface area contributed by atoms with Crippen molar-refractivity contribution in [2.75, 3.05) is 7.11 Å². The van der Waals surface area contributed by atoms with Crippen LogP contribution in [0.2, 0.25) is 0 Å². The largest absolute Gasteiger partial charge is 0.496 e. The molecule has 5 nitrogen and oxygen atoms in total. The maximum absolute atomic E-state index is 12.8. The molecule has 1 atom stereocenters. The zero-order valence-electron chi connectivity index (χ0n) is 14.7. The van der Waals surface area contributed by atoms with Crippen LogP contribution in [0.15, 0.2) is 35.5 Å². The maximum atomic E-state index is 12.8. The fraction of sp³-hybridized carbons (Fsp3) is 0.263. The minimum Gasteiger partial charge on any atom is -0.496 e. The number of ether oxygens (including phenoxy) is 1. The normalized spacial score (nSPS) is 12.3. The molecular formula is C19H20N2O3S. The number of methoxy groups -OCH3 is 1. The predicted molar refractivity (Wildman–Crippen MR) is 98.7 cm³/mol. The molecule has 2 aromatic heterocycles. The van der Waals surface area contributed by atoms with Crippen LogP contribution >= 0.6 is 0 Å². The summed E-state index contributed by atoms with van der Waals surface area (Å²) in [6.45, 7) is 5.39. The molecule has 2 heterocycles. The summed E-state index contributed by atoms with van der Waals surface area (Å²) >= 11 is 0. The van der Waals surface area contributed by atoms with Crippen molar-refractivity contribution < 1.29 is 13.7 Å². The molecule has 0 bridgehead atoms. The average molecular weight is 356 g/mol. The summed E-state index contributed by atoms with van der Waals surface area (Å²) in [5.41, 5.74) is 4.12. The van der Waals surface area contributed by atoms with Crippen molar-refractivity contribution in [2.45, 2.75) is 31.6 Å². The maximum Gasteiger partial charge on any atom is 0.159 e. The molecule has 130 valence electrons. The van der Waals surface area contributed by atoms with Crippen molar-refractivity contribution in [3.8, 4) is 5.75 Å². The SMILES string of the molecule is COc1c(C)cnc(CS(=O)c2cc3cc(C(C)=O)ccc3[nH]2)c1C. The highest BCUT2D eigenvalue weighted by Crippen LogP contribution is 2.26. The molecule has 6 heteroatoms. The average Bonchev–Trinajstić information content (AvgIpc) is 3.01. The number of carbonyl (C=O) groups excluding carboxylic acids is 1. The van der Waals surface area contributed by atoms with Gasteiger partial charge in [-0.3, -0.25) is 14.0 Å². The highest BCUT2D eigenvalue weighted by atomic mass is 32.2. The highest BCUT2D eigenvalue weighted by Gasteiger charge is 2.15. The van der Waals surface area contributed by atoms with Crippen LogP contribution in [0.1, 0.15) is 34.1 Å². The number of carbonyl (C=O) groups is 1. The summed E-state index contributed by atoms with van der Waals surface area (Å²) in [6, 6.07) is 7.25. The van der Waals surface area contributed by atoms with E-state index in [1.165, 1.54) is 6.92 Å². The van der Waals surface area contributed by atoms with Crippen LogP contribution in [0.5, 0.6) is 5.75 Å². The van der Waals surface area contributed by atoms with Crippen molar-refractivity contribution in [2.24, 2.45) is 0 Å². The molecule has 0 radical (unpaired) electrons. The molecule has 0 amide bonds. The summed E-state index contributed by atoms with van der Waals surface area (Å²) in [7, 11) is 0.355. The Bertz CT molecular complexity index is 992. The number of benzene rings is 1. The number of Topliss-reactive ketones (excluding diaryl/α,β-unsaturated/α-hetero) is 1. The Morgan fingerprint density at radius 1 is 1.28 bits per heavy atom. The number of aromatic nitrogens is 2. The van der Waals surface area contributed by atoms with Crippen LogP contribution in [0, 0.1) is 13.8 Å². The van der Waals surface area contributed by atoms with Gasteiger partial charge in [-0.15, -0.1) is 0 Å². The lowest BCUT2D eigenvalue weighted by atomic mass is 10.1. The molecule has 0 saturated carbocycles. The third-order valence-corrected chi connectivity index (χ3v) is 5.51. The summed E-state index contributed by atoms with van der Waals surface area (Å²) in [5.74, 6) is 1.09. The first kappa shape index (κ1) is 17.4. The van der Waals surface area contributed by atoms with E-state index in [4.69, 9.17) is 4.74 Å². The van der Waals surface area contributed by atoms with Crippen molar-refractivity contribution >= 4 is 27.5 Å². The summed E-state index contributed by atoms with van der Waals surface area (Å²) in [6.07, 6.45) is 1.74. The summed E-state index contributed by atoms with van der Waals surface area (Å²) in [5, 5.41) is 1.50. The lowest BCUT2D eigenvalue weighted by Crippen LogP contribution is -2.04. The van der Waals surface area contributed by atoms with Gasteiger partial charge in [-0.25, -0.2) is 0 Å². The van der Waals surface area contributed by atoms with Gasteiger partial charge in [-0.05, 0) is 45.0 Å². The van der Waals surface area contributed by atoms with Gasteiger partial charge in [-0.2, -0.15) is 0 Å². The number of aromatic amines is 1. The number of fused-ring (bicyclic) bond motifs is 1. The lowest BCUT2D eigenvalue weighted by molar-refractivity contribution is 0.101. The van der Waals surface area contributed by atoms with E-state index >= 15 is 0 Å². The van der Waals surface area contributed by atoms with Crippen LogP contribution < -0.4 is 4.74 Å². The number of aryl methyl sites for hydroxylation is 1. The fourth-order valence-electron chi connectivity index (χ4n) is 2.87. The van der Waals surface area contributed by atoms with Crippen LogP contribution in [-0.4, -0.2) is 27.1 Å². The fourth-order valence-corrected chi connectivity index (χ4v) is 4.04. The van der Waals surface area contributed by atoms with Gasteiger partial charge in [-0.1, -0.05) is 0 Å². The molecule has 1 aromatic carbocycles. The highest BCUT2D eigenvalue weighted by molar-refractivity contribution is 7.84. The van der Waals surface area contributed by atoms with E-state index in [9.17, 15) is 9.00 Å². The Balaban J connectivity index is 1.91. The van der Waals surface area contributed by atoms with Crippen LogP contribution in [0.25, 0.3) is 10.9 Å². The molecule has 3 aromatic rings. The molecule has 0 aliphatic carbocycles. The van der Waals surface area contributed by atoms with Crippen molar-refractivity contribution in [1.29, 1.82) is 0 Å². The number of hydrogen-bond acceptors (Lipinski definition) is 4. The second kappa shape index (κ2) is 6.80. The minimum absolute atomic E-state index is 0.0114. The third-order valence-electron chi connectivity index (χ3n) is 4.27. The second-order valence-corrected chi connectivity index (χ2v) is 7.45. The van der Waals surface area contributed by atoms with Gasteiger partial charge >= 0.3 is 0 Å². The van der Waals surface area contributed by atoms with E-state index in [-0.39, 0.29) is 5.78 Å². The molecule has 0 aliphatic rings. The molecule has 1 unspecified atom stereocenters. The van der Waals surface area contributed by atoms with Gasteiger partial charge in [0.1, 0.15) is 10.8 Å². The molecule has 3 rings (SSSR count). The molecule has 25 heavy (non-hydrogen) atoms. The van der Waals surface area contributed by atoms with Gasteiger partial charge in [0.2, 0.25) is 0 Å². The van der Waals surface area contributed by atoms with E-state index in [1.54, 1.807) is 19.4 Å². The number of hydrogen-bond donors (Lipinski definition) is 1. The minimum atomic E-state index is -1.27. The Morgan fingerprint density at radius 3 is 2.72 bits per heavy atom. The first-order valence-electron chi connectivity index (χ1n) is 7.92. The Labute approximate surface area is 148 Å². The van der Waals surface area contributed by atoms with Gasteiger partial charge < -0.3 is 9.72 Å². The molecule has 1 N–H and O–H groups in total. The van der Waals surface area contributed by atoms with E-state index in [0.717, 1.165) is 33.5 Å². The molecule has 0 fully saturated rings. The Kier molecular flexibility index (Phi) is 4.72. The number of pyridine rings is 1. The van der Waals surface area contributed by atoms with Crippen LogP contribution in [0.4, 0.5) is 0 Å². The lowest BCUT2D eigenvalue weighted by Gasteiger charge is -2.11. The van der Waals surface area contributed by atoms with Crippen LogP contribution in [-0.2, 0) is 16.6 Å².